The molecule has 0 saturated carbocycles. The molecule has 0 saturated heterocycles. The van der Waals surface area contributed by atoms with Crippen molar-refractivity contribution < 1.29 is 9.59 Å². The van der Waals surface area contributed by atoms with Crippen molar-refractivity contribution in [2.45, 2.75) is 33.2 Å². The number of rotatable bonds is 8. The predicted octanol–water partition coefficient (Wildman–Crippen LogP) is 3.47. The van der Waals surface area contributed by atoms with Crippen LogP contribution in [-0.4, -0.2) is 42.1 Å². The zero-order chi connectivity index (χ0) is 17.5. The molecule has 1 unspecified atom stereocenters. The maximum absolute atomic E-state index is 11.4. The van der Waals surface area contributed by atoms with Gasteiger partial charge in [-0.25, -0.2) is 0 Å². The Balaban J connectivity index is 1.83. The standard InChI is InChI=1S/C20H26N2O2/c1-4-22(20-11-7-18(8-12-20)16(3)24)14-13-21-19-9-5-17(6-10-19)15(2)23/h5-11,20-21H,4,12-14H2,1-3H3. The topological polar surface area (TPSA) is 49.4 Å². The van der Waals surface area contributed by atoms with E-state index in [0.29, 0.717) is 6.04 Å². The third-order valence-electron chi connectivity index (χ3n) is 4.38. The van der Waals surface area contributed by atoms with Crippen molar-refractivity contribution in [3.63, 3.8) is 0 Å². The van der Waals surface area contributed by atoms with Gasteiger partial charge < -0.3 is 5.32 Å². The third kappa shape index (κ3) is 4.90. The average molecular weight is 326 g/mol. The summed E-state index contributed by atoms with van der Waals surface area (Å²) in [5.41, 5.74) is 2.57. The highest BCUT2D eigenvalue weighted by molar-refractivity contribution is 5.96. The lowest BCUT2D eigenvalue weighted by atomic mass is 9.99. The number of benzene rings is 1. The molecule has 24 heavy (non-hydrogen) atoms. The Bertz CT molecular complexity index is 644. The largest absolute Gasteiger partial charge is 0.384 e. The van der Waals surface area contributed by atoms with Crippen molar-refractivity contribution in [3.8, 4) is 0 Å². The molecule has 0 aromatic heterocycles. The minimum Gasteiger partial charge on any atom is -0.384 e. The minimum atomic E-state index is 0.0841. The summed E-state index contributed by atoms with van der Waals surface area (Å²) in [6.45, 7) is 8.05. The lowest BCUT2D eigenvalue weighted by molar-refractivity contribution is -0.113. The van der Waals surface area contributed by atoms with Crippen LogP contribution in [0.2, 0.25) is 0 Å². The van der Waals surface area contributed by atoms with E-state index in [1.54, 1.807) is 13.8 Å². The number of Topliss-reactive ketones (excluding diaryl/α,β-unsaturated/α-hetero) is 2. The highest BCUT2D eigenvalue weighted by Crippen LogP contribution is 2.16. The molecule has 2 rings (SSSR count). The van der Waals surface area contributed by atoms with E-state index in [9.17, 15) is 9.59 Å². The lowest BCUT2D eigenvalue weighted by Gasteiger charge is -2.29. The molecular weight excluding hydrogens is 300 g/mol. The van der Waals surface area contributed by atoms with Crippen molar-refractivity contribution in [3.05, 3.63) is 53.6 Å². The Kier molecular flexibility index (Phi) is 6.50. The molecule has 4 heteroatoms. The van der Waals surface area contributed by atoms with Crippen molar-refractivity contribution in [1.82, 2.24) is 4.90 Å². The van der Waals surface area contributed by atoms with Gasteiger partial charge in [0.15, 0.2) is 11.6 Å². The van der Waals surface area contributed by atoms with Gasteiger partial charge in [0.1, 0.15) is 0 Å². The fourth-order valence-electron chi connectivity index (χ4n) is 2.87. The number of likely N-dealkylation sites (N-methyl/N-ethyl adjacent to an activating group) is 1. The number of allylic oxidation sites excluding steroid dienone is 2. The summed E-state index contributed by atoms with van der Waals surface area (Å²) in [5.74, 6) is 0.212. The number of carbonyl (C=O) groups excluding carboxylic acids is 2. The molecule has 0 fully saturated rings. The van der Waals surface area contributed by atoms with E-state index in [1.807, 2.05) is 36.4 Å². The van der Waals surface area contributed by atoms with E-state index in [-0.39, 0.29) is 11.6 Å². The molecule has 0 spiro atoms. The van der Waals surface area contributed by atoms with Crippen molar-refractivity contribution in [2.24, 2.45) is 0 Å². The number of nitrogens with one attached hydrogen (secondary N) is 1. The van der Waals surface area contributed by atoms with Gasteiger partial charge in [-0.3, -0.25) is 14.5 Å². The van der Waals surface area contributed by atoms with Gasteiger partial charge in [-0.15, -0.1) is 0 Å². The summed E-state index contributed by atoms with van der Waals surface area (Å²) in [7, 11) is 0. The number of nitrogens with zero attached hydrogens (tertiary/aromatic N) is 1. The average Bonchev–Trinajstić information content (AvgIpc) is 2.59. The molecule has 1 atom stereocenters. The maximum Gasteiger partial charge on any atom is 0.159 e. The van der Waals surface area contributed by atoms with Crippen LogP contribution in [0.4, 0.5) is 5.69 Å². The van der Waals surface area contributed by atoms with Crippen molar-refractivity contribution >= 4 is 17.3 Å². The lowest BCUT2D eigenvalue weighted by Crippen LogP contribution is -2.37. The summed E-state index contributed by atoms with van der Waals surface area (Å²) in [5, 5.41) is 3.40. The van der Waals surface area contributed by atoms with E-state index in [1.165, 1.54) is 0 Å². The van der Waals surface area contributed by atoms with Crippen LogP contribution in [0.1, 0.15) is 37.6 Å². The van der Waals surface area contributed by atoms with E-state index in [4.69, 9.17) is 0 Å². The second-order valence-electron chi connectivity index (χ2n) is 6.07. The van der Waals surface area contributed by atoms with Crippen LogP contribution in [0.3, 0.4) is 0 Å². The van der Waals surface area contributed by atoms with Crippen molar-refractivity contribution in [2.75, 3.05) is 25.0 Å². The monoisotopic (exact) mass is 326 g/mol. The smallest absolute Gasteiger partial charge is 0.159 e. The molecule has 0 aliphatic heterocycles. The first-order valence-corrected chi connectivity index (χ1v) is 8.49. The SMILES string of the molecule is CCN(CCNc1ccc(C(C)=O)cc1)C1C=CC(C(C)=O)=CC1. The van der Waals surface area contributed by atoms with Crippen LogP contribution < -0.4 is 5.32 Å². The molecule has 1 aliphatic carbocycles. The molecule has 0 bridgehead atoms. The Morgan fingerprint density at radius 2 is 1.88 bits per heavy atom. The van der Waals surface area contributed by atoms with E-state index >= 15 is 0 Å². The second-order valence-corrected chi connectivity index (χ2v) is 6.07. The minimum absolute atomic E-state index is 0.0841. The first-order chi connectivity index (χ1) is 11.5. The summed E-state index contributed by atoms with van der Waals surface area (Å²) >= 11 is 0. The van der Waals surface area contributed by atoms with E-state index in [0.717, 1.165) is 42.9 Å². The van der Waals surface area contributed by atoms with Crippen molar-refractivity contribution in [1.29, 1.82) is 0 Å². The van der Waals surface area contributed by atoms with Crippen LogP contribution in [0, 0.1) is 0 Å². The van der Waals surface area contributed by atoms with Gasteiger partial charge >= 0.3 is 0 Å². The molecule has 128 valence electrons. The van der Waals surface area contributed by atoms with Crippen LogP contribution in [-0.2, 0) is 4.79 Å². The Morgan fingerprint density at radius 1 is 1.17 bits per heavy atom. The summed E-state index contributed by atoms with van der Waals surface area (Å²) in [6, 6.07) is 7.92. The van der Waals surface area contributed by atoms with Gasteiger partial charge in [0, 0.05) is 36.0 Å². The third-order valence-corrected chi connectivity index (χ3v) is 4.38. The number of carbonyl (C=O) groups is 2. The number of ketones is 2. The van der Waals surface area contributed by atoms with Gasteiger partial charge in [0.2, 0.25) is 0 Å². The normalized spacial score (nSPS) is 16.8. The second kappa shape index (κ2) is 8.60. The molecule has 4 nitrogen and oxygen atoms in total. The molecular formula is C20H26N2O2. The fourth-order valence-corrected chi connectivity index (χ4v) is 2.87. The predicted molar refractivity (Wildman–Crippen MR) is 98.5 cm³/mol. The summed E-state index contributed by atoms with van der Waals surface area (Å²) in [6.07, 6.45) is 6.98. The van der Waals surface area contributed by atoms with Crippen LogP contribution in [0.5, 0.6) is 0 Å². The molecule has 0 heterocycles. The first-order valence-electron chi connectivity index (χ1n) is 8.49. The molecule has 1 N–H and O–H groups in total. The Hall–Kier alpha value is -2.20. The molecule has 1 aliphatic rings. The molecule has 1 aromatic carbocycles. The number of anilines is 1. The van der Waals surface area contributed by atoms with Gasteiger partial charge in [0.25, 0.3) is 0 Å². The zero-order valence-corrected chi connectivity index (χ0v) is 14.7. The fraction of sp³-hybridized carbons (Fsp3) is 0.400. The highest BCUT2D eigenvalue weighted by atomic mass is 16.1. The highest BCUT2D eigenvalue weighted by Gasteiger charge is 2.16. The Morgan fingerprint density at radius 3 is 2.38 bits per heavy atom. The zero-order valence-electron chi connectivity index (χ0n) is 14.7. The summed E-state index contributed by atoms with van der Waals surface area (Å²) < 4.78 is 0. The van der Waals surface area contributed by atoms with Gasteiger partial charge in [-0.1, -0.05) is 25.2 Å². The molecule has 1 aromatic rings. The van der Waals surface area contributed by atoms with Crippen LogP contribution >= 0.6 is 0 Å². The number of hydrogen-bond acceptors (Lipinski definition) is 4. The van der Waals surface area contributed by atoms with Gasteiger partial charge in [-0.2, -0.15) is 0 Å². The first kappa shape index (κ1) is 18.1. The van der Waals surface area contributed by atoms with Crippen LogP contribution in [0.15, 0.2) is 48.1 Å². The molecule has 0 radical (unpaired) electrons. The van der Waals surface area contributed by atoms with Gasteiger partial charge in [-0.05, 0) is 51.1 Å². The van der Waals surface area contributed by atoms with E-state index < -0.39 is 0 Å². The molecule has 0 amide bonds. The quantitative estimate of drug-likeness (QED) is 0.743. The van der Waals surface area contributed by atoms with Crippen LogP contribution in [0.25, 0.3) is 0 Å². The maximum atomic E-state index is 11.4. The number of hydrogen-bond donors (Lipinski definition) is 1. The summed E-state index contributed by atoms with van der Waals surface area (Å²) in [4.78, 5) is 25.0. The Labute approximate surface area is 144 Å². The van der Waals surface area contributed by atoms with E-state index in [2.05, 4.69) is 23.2 Å². The van der Waals surface area contributed by atoms with Gasteiger partial charge in [0.05, 0.1) is 0 Å².